The molecule has 166 valence electrons. The smallest absolute Gasteiger partial charge is 0.293 e. The van der Waals surface area contributed by atoms with Gasteiger partial charge in [0.1, 0.15) is 5.69 Å². The highest BCUT2D eigenvalue weighted by atomic mass is 35.5. The predicted molar refractivity (Wildman–Crippen MR) is 124 cm³/mol. The third kappa shape index (κ3) is 3.95. The number of nitro groups is 1. The van der Waals surface area contributed by atoms with Crippen LogP contribution in [0.2, 0.25) is 5.02 Å². The molecule has 4 rings (SSSR count). The molecule has 1 aliphatic heterocycles. The summed E-state index contributed by atoms with van der Waals surface area (Å²) in [6.45, 7) is 6.02. The first-order chi connectivity index (χ1) is 15.1. The van der Waals surface area contributed by atoms with Crippen molar-refractivity contribution in [3.63, 3.8) is 0 Å². The highest BCUT2D eigenvalue weighted by Crippen LogP contribution is 2.49. The summed E-state index contributed by atoms with van der Waals surface area (Å²) in [5.41, 5.74) is 2.77. The van der Waals surface area contributed by atoms with E-state index in [1.165, 1.54) is 28.7 Å². The zero-order chi connectivity index (χ0) is 23.2. The fourth-order valence-electron chi connectivity index (χ4n) is 4.80. The van der Waals surface area contributed by atoms with Gasteiger partial charge in [0.05, 0.1) is 4.92 Å². The molecule has 0 fully saturated rings. The van der Waals surface area contributed by atoms with E-state index in [1.807, 2.05) is 38.1 Å². The van der Waals surface area contributed by atoms with Crippen molar-refractivity contribution in [2.24, 2.45) is 5.41 Å². The molecule has 0 N–H and O–H groups in total. The Bertz CT molecular complexity index is 1150. The lowest BCUT2D eigenvalue weighted by Gasteiger charge is -2.42. The van der Waals surface area contributed by atoms with Gasteiger partial charge in [0.15, 0.2) is 5.78 Å². The average molecular weight is 453 g/mol. The number of allylic oxidation sites excluding steroid dienone is 2. The van der Waals surface area contributed by atoms with E-state index in [0.717, 1.165) is 12.0 Å². The lowest BCUT2D eigenvalue weighted by molar-refractivity contribution is -0.384. The van der Waals surface area contributed by atoms with Crippen molar-refractivity contribution < 1.29 is 14.5 Å². The second-order valence-corrected chi connectivity index (χ2v) is 9.71. The van der Waals surface area contributed by atoms with E-state index >= 15 is 0 Å². The van der Waals surface area contributed by atoms with Gasteiger partial charge in [0, 0.05) is 41.1 Å². The summed E-state index contributed by atoms with van der Waals surface area (Å²) < 4.78 is 0. The normalized spacial score (nSPS) is 20.4. The molecule has 1 aliphatic carbocycles. The van der Waals surface area contributed by atoms with E-state index in [0.29, 0.717) is 29.1 Å². The number of nitrogens with zero attached hydrogens (tertiary/aromatic N) is 2. The molecule has 1 atom stereocenters. The van der Waals surface area contributed by atoms with Crippen LogP contribution in [0.15, 0.2) is 53.7 Å². The lowest BCUT2D eigenvalue weighted by atomic mass is 9.69. The molecule has 0 saturated carbocycles. The maximum Gasteiger partial charge on any atom is 0.293 e. The number of hydrogen-bond donors (Lipinski definition) is 0. The first kappa shape index (κ1) is 22.2. The van der Waals surface area contributed by atoms with E-state index in [4.69, 9.17) is 11.6 Å². The van der Waals surface area contributed by atoms with Gasteiger partial charge in [0.25, 0.3) is 5.69 Å². The molecular formula is C25H25ClN2O4. The molecule has 1 heterocycles. The summed E-state index contributed by atoms with van der Waals surface area (Å²) in [5.74, 6) is -0.645. The van der Waals surface area contributed by atoms with Crippen molar-refractivity contribution in [1.82, 2.24) is 0 Å². The van der Waals surface area contributed by atoms with Crippen LogP contribution in [0.4, 0.5) is 11.4 Å². The number of aryl methyl sites for hydroxylation is 1. The van der Waals surface area contributed by atoms with Crippen LogP contribution in [0.5, 0.6) is 0 Å². The van der Waals surface area contributed by atoms with Crippen molar-refractivity contribution in [2.45, 2.75) is 52.4 Å². The summed E-state index contributed by atoms with van der Waals surface area (Å²) in [6.07, 6.45) is 1.80. The summed E-state index contributed by atoms with van der Waals surface area (Å²) >= 11 is 6.16. The van der Waals surface area contributed by atoms with E-state index in [2.05, 4.69) is 6.92 Å². The Hall–Kier alpha value is -2.99. The number of carbonyl (C=O) groups excluding carboxylic acids is 2. The van der Waals surface area contributed by atoms with Gasteiger partial charge < -0.3 is 0 Å². The zero-order valence-electron chi connectivity index (χ0n) is 18.4. The molecule has 2 aromatic carbocycles. The van der Waals surface area contributed by atoms with Crippen LogP contribution < -0.4 is 4.90 Å². The summed E-state index contributed by atoms with van der Waals surface area (Å²) in [7, 11) is 0. The molecule has 2 aliphatic rings. The summed E-state index contributed by atoms with van der Waals surface area (Å²) in [5, 5.41) is 12.0. The number of rotatable bonds is 4. The Morgan fingerprint density at radius 2 is 1.81 bits per heavy atom. The Morgan fingerprint density at radius 1 is 1.12 bits per heavy atom. The van der Waals surface area contributed by atoms with E-state index in [-0.39, 0.29) is 40.8 Å². The van der Waals surface area contributed by atoms with Crippen molar-refractivity contribution in [3.8, 4) is 0 Å². The van der Waals surface area contributed by atoms with Crippen molar-refractivity contribution >= 4 is 34.7 Å². The predicted octanol–water partition coefficient (Wildman–Crippen LogP) is 5.97. The first-order valence-corrected chi connectivity index (χ1v) is 11.1. The maximum atomic E-state index is 13.5. The van der Waals surface area contributed by atoms with Gasteiger partial charge in [-0.2, -0.15) is 0 Å². The number of carbonyl (C=O) groups is 2. The van der Waals surface area contributed by atoms with Crippen LogP contribution in [0.25, 0.3) is 0 Å². The van der Waals surface area contributed by atoms with E-state index < -0.39 is 4.92 Å². The molecule has 32 heavy (non-hydrogen) atoms. The van der Waals surface area contributed by atoms with Gasteiger partial charge in [-0.1, -0.05) is 56.6 Å². The fourth-order valence-corrected chi connectivity index (χ4v) is 4.96. The number of amides is 1. The van der Waals surface area contributed by atoms with Crippen molar-refractivity contribution in [3.05, 3.63) is 80.0 Å². The number of benzene rings is 2. The number of hydrogen-bond acceptors (Lipinski definition) is 4. The van der Waals surface area contributed by atoms with Crippen LogP contribution in [0, 0.1) is 15.5 Å². The Labute approximate surface area is 192 Å². The molecule has 1 unspecified atom stereocenters. The third-order valence-corrected chi connectivity index (χ3v) is 6.54. The topological polar surface area (TPSA) is 80.5 Å². The molecule has 0 radical (unpaired) electrons. The molecule has 2 aromatic rings. The minimum Gasteiger partial charge on any atom is -0.294 e. The summed E-state index contributed by atoms with van der Waals surface area (Å²) in [4.78, 5) is 39.4. The fraction of sp³-hybridized carbons (Fsp3) is 0.360. The molecule has 0 bridgehead atoms. The lowest BCUT2D eigenvalue weighted by Crippen LogP contribution is -2.44. The number of halogens is 1. The van der Waals surface area contributed by atoms with Crippen molar-refractivity contribution in [2.75, 3.05) is 4.90 Å². The number of Topliss-reactive ketones (excluding diaryl/α,β-unsaturated/α-hetero) is 1. The zero-order valence-corrected chi connectivity index (χ0v) is 19.1. The minimum atomic E-state index is -0.523. The Kier molecular flexibility index (Phi) is 5.67. The van der Waals surface area contributed by atoms with Crippen LogP contribution >= 0.6 is 11.6 Å². The molecule has 0 saturated heterocycles. The largest absolute Gasteiger partial charge is 0.294 e. The third-order valence-electron chi connectivity index (χ3n) is 6.31. The standard InChI is InChI=1S/C25H25ClN2O4/c1-4-15-5-7-16(8-6-15)18-12-23(30)27(20-11-17(26)9-10-19(20)28(31)32)21-13-25(2,3)14-22(29)24(18)21/h5-11,18H,4,12-14H2,1-3H3. The average Bonchev–Trinajstić information content (AvgIpc) is 2.72. The number of anilines is 1. The van der Waals surface area contributed by atoms with Crippen LogP contribution in [-0.2, 0) is 16.0 Å². The number of nitro benzene ring substituents is 1. The van der Waals surface area contributed by atoms with Gasteiger partial charge in [-0.25, -0.2) is 0 Å². The molecular weight excluding hydrogens is 428 g/mol. The quantitative estimate of drug-likeness (QED) is 0.422. The summed E-state index contributed by atoms with van der Waals surface area (Å²) in [6, 6.07) is 12.2. The van der Waals surface area contributed by atoms with E-state index in [9.17, 15) is 19.7 Å². The molecule has 6 nitrogen and oxygen atoms in total. The van der Waals surface area contributed by atoms with Gasteiger partial charge >= 0.3 is 0 Å². The van der Waals surface area contributed by atoms with Crippen LogP contribution in [0.3, 0.4) is 0 Å². The van der Waals surface area contributed by atoms with Gasteiger partial charge in [-0.05, 0) is 41.5 Å². The maximum absolute atomic E-state index is 13.5. The SMILES string of the molecule is CCc1ccc(C2CC(=O)N(c3cc(Cl)ccc3[N+](=O)[O-])C3=C2C(=O)CC(C)(C)C3)cc1. The number of ketones is 1. The molecule has 0 aromatic heterocycles. The molecule has 7 heteroatoms. The van der Waals surface area contributed by atoms with Gasteiger partial charge in [-0.3, -0.25) is 24.6 Å². The molecule has 1 amide bonds. The first-order valence-electron chi connectivity index (χ1n) is 10.7. The van der Waals surface area contributed by atoms with Crippen molar-refractivity contribution in [1.29, 1.82) is 0 Å². The van der Waals surface area contributed by atoms with E-state index in [1.54, 1.807) is 0 Å². The van der Waals surface area contributed by atoms with Crippen LogP contribution in [0.1, 0.15) is 57.1 Å². The second-order valence-electron chi connectivity index (χ2n) is 9.27. The monoisotopic (exact) mass is 452 g/mol. The van der Waals surface area contributed by atoms with Gasteiger partial charge in [-0.15, -0.1) is 0 Å². The Morgan fingerprint density at radius 3 is 2.44 bits per heavy atom. The molecule has 0 spiro atoms. The minimum absolute atomic E-state index is 0.0111. The highest BCUT2D eigenvalue weighted by molar-refractivity contribution is 6.31. The Balaban J connectivity index is 1.93. The van der Waals surface area contributed by atoms with Crippen LogP contribution in [-0.4, -0.2) is 16.6 Å². The van der Waals surface area contributed by atoms with Gasteiger partial charge in [0.2, 0.25) is 5.91 Å². The second kappa shape index (κ2) is 8.17. The highest BCUT2D eigenvalue weighted by Gasteiger charge is 2.45.